The first-order valence-electron chi connectivity index (χ1n) is 11.5. The van der Waals surface area contributed by atoms with Gasteiger partial charge in [-0.1, -0.05) is 35.2 Å². The lowest BCUT2D eigenvalue weighted by Gasteiger charge is -2.50. The van der Waals surface area contributed by atoms with E-state index in [4.69, 9.17) is 9.47 Å². The molecule has 0 N–H and O–H groups in total. The molecule has 1 spiro atoms. The molecule has 0 saturated carbocycles. The number of carbonyl (C=O) groups excluding carboxylic acids is 3. The van der Waals surface area contributed by atoms with Gasteiger partial charge in [-0.05, 0) is 64.7 Å². The summed E-state index contributed by atoms with van der Waals surface area (Å²) in [5, 5.41) is 1.81. The predicted octanol–water partition coefficient (Wildman–Crippen LogP) is 5.93. The molecule has 0 aromatic heterocycles. The highest BCUT2D eigenvalue weighted by atomic mass is 32.2. The Balaban J connectivity index is 1.99. The molecule has 0 fully saturated rings. The van der Waals surface area contributed by atoms with Crippen molar-refractivity contribution < 1.29 is 23.9 Å². The average molecular weight is 532 g/mol. The van der Waals surface area contributed by atoms with Crippen LogP contribution in [-0.2, 0) is 23.9 Å². The van der Waals surface area contributed by atoms with Crippen LogP contribution in [0.5, 0.6) is 0 Å². The SMILES string of the molecule is CCOC(=O)C1=C[C@@]2(SC=C(C(=O)OCC)S2)C2=C(S1)C(C)(C)N(C(C)=O)c1c(C)cc(C)cc12. The molecule has 1 aromatic rings. The molecule has 6 nitrogen and oxygen atoms in total. The summed E-state index contributed by atoms with van der Waals surface area (Å²) < 4.78 is 9.87. The second-order valence-corrected chi connectivity index (χ2v) is 12.7. The summed E-state index contributed by atoms with van der Waals surface area (Å²) in [4.78, 5) is 42.3. The maximum Gasteiger partial charge on any atom is 0.345 e. The van der Waals surface area contributed by atoms with E-state index in [0.29, 0.717) is 9.81 Å². The van der Waals surface area contributed by atoms with Crippen molar-refractivity contribution in [3.63, 3.8) is 0 Å². The van der Waals surface area contributed by atoms with Gasteiger partial charge in [0.1, 0.15) is 8.98 Å². The minimum atomic E-state index is -0.778. The molecule has 35 heavy (non-hydrogen) atoms. The molecule has 186 valence electrons. The summed E-state index contributed by atoms with van der Waals surface area (Å²) in [7, 11) is 0. The van der Waals surface area contributed by atoms with Crippen molar-refractivity contribution in [2.45, 2.75) is 58.1 Å². The van der Waals surface area contributed by atoms with Crippen molar-refractivity contribution in [3.8, 4) is 0 Å². The van der Waals surface area contributed by atoms with Gasteiger partial charge >= 0.3 is 11.9 Å². The lowest BCUT2D eigenvalue weighted by atomic mass is 9.83. The molecule has 1 amide bonds. The molecule has 3 heterocycles. The number of nitrogens with zero attached hydrogens (tertiary/aromatic N) is 1. The smallest absolute Gasteiger partial charge is 0.345 e. The average Bonchev–Trinajstić information content (AvgIpc) is 3.18. The Morgan fingerprint density at radius 2 is 1.63 bits per heavy atom. The number of fused-ring (bicyclic) bond motifs is 3. The number of rotatable bonds is 4. The highest BCUT2D eigenvalue weighted by molar-refractivity contribution is 8.25. The van der Waals surface area contributed by atoms with Crippen LogP contribution in [0.25, 0.3) is 5.57 Å². The number of esters is 2. The minimum Gasteiger partial charge on any atom is -0.462 e. The van der Waals surface area contributed by atoms with Crippen molar-refractivity contribution in [3.05, 3.63) is 55.0 Å². The van der Waals surface area contributed by atoms with Crippen LogP contribution in [0.1, 0.15) is 51.3 Å². The van der Waals surface area contributed by atoms with Gasteiger partial charge in [-0.3, -0.25) is 4.79 Å². The van der Waals surface area contributed by atoms with E-state index in [9.17, 15) is 14.4 Å². The first-order valence-corrected chi connectivity index (χ1v) is 14.0. The van der Waals surface area contributed by atoms with Gasteiger partial charge in [0.2, 0.25) is 5.91 Å². The Morgan fingerprint density at radius 3 is 2.23 bits per heavy atom. The van der Waals surface area contributed by atoms with Gasteiger partial charge in [-0.15, -0.1) is 11.8 Å². The van der Waals surface area contributed by atoms with Gasteiger partial charge in [-0.2, -0.15) is 0 Å². The number of aryl methyl sites for hydroxylation is 2. The summed E-state index contributed by atoms with van der Waals surface area (Å²) in [6.45, 7) is 13.7. The van der Waals surface area contributed by atoms with Crippen LogP contribution in [-0.4, -0.2) is 40.7 Å². The second-order valence-electron chi connectivity index (χ2n) is 9.02. The van der Waals surface area contributed by atoms with Crippen LogP contribution in [0.15, 0.2) is 38.3 Å². The highest BCUT2D eigenvalue weighted by Crippen LogP contribution is 2.67. The van der Waals surface area contributed by atoms with E-state index >= 15 is 0 Å². The topological polar surface area (TPSA) is 72.9 Å². The molecule has 3 aliphatic heterocycles. The summed E-state index contributed by atoms with van der Waals surface area (Å²) in [5.74, 6) is -0.867. The fourth-order valence-electron chi connectivity index (χ4n) is 4.83. The zero-order valence-electron chi connectivity index (χ0n) is 20.9. The number of thioether (sulfide) groups is 3. The highest BCUT2D eigenvalue weighted by Gasteiger charge is 2.54. The number of benzene rings is 1. The second kappa shape index (κ2) is 9.41. The van der Waals surface area contributed by atoms with E-state index in [0.717, 1.165) is 32.9 Å². The zero-order chi connectivity index (χ0) is 25.7. The lowest BCUT2D eigenvalue weighted by Crippen LogP contribution is -2.52. The summed E-state index contributed by atoms with van der Waals surface area (Å²) >= 11 is 4.22. The number of amides is 1. The van der Waals surface area contributed by atoms with Gasteiger partial charge in [0.25, 0.3) is 0 Å². The maximum atomic E-state index is 13.0. The standard InChI is InChI=1S/C26H29NO5S3/c1-8-31-23(29)18-12-26(33-13-19(35-26)24(30)32-9-2)20-17-11-14(3)10-15(4)21(17)27(16(5)28)25(6,7)22(20)34-18/h10-13H,8-9H2,1-7H3/t26-/m0/s1. The first kappa shape index (κ1) is 26.0. The zero-order valence-corrected chi connectivity index (χ0v) is 23.4. The summed E-state index contributed by atoms with van der Waals surface area (Å²) in [5.41, 5.74) is 4.16. The Morgan fingerprint density at radius 1 is 1.00 bits per heavy atom. The first-order chi connectivity index (χ1) is 16.5. The van der Waals surface area contributed by atoms with E-state index in [1.54, 1.807) is 20.8 Å². The van der Waals surface area contributed by atoms with E-state index in [1.807, 2.05) is 44.1 Å². The lowest BCUT2D eigenvalue weighted by molar-refractivity contribution is -0.138. The Kier molecular flexibility index (Phi) is 6.98. The van der Waals surface area contributed by atoms with Gasteiger partial charge in [-0.25, -0.2) is 9.59 Å². The largest absolute Gasteiger partial charge is 0.462 e. The van der Waals surface area contributed by atoms with E-state index in [2.05, 4.69) is 12.1 Å². The Bertz CT molecular complexity index is 1230. The third-order valence-corrected chi connectivity index (χ3v) is 10.3. The van der Waals surface area contributed by atoms with E-state index in [1.165, 1.54) is 35.3 Å². The molecule has 0 radical (unpaired) electrons. The maximum absolute atomic E-state index is 13.0. The molecule has 9 heteroatoms. The molecule has 0 aliphatic carbocycles. The number of carbonyl (C=O) groups is 3. The molecule has 0 saturated heterocycles. The molecular weight excluding hydrogens is 502 g/mol. The molecule has 3 aliphatic rings. The molecule has 4 rings (SSSR count). The molecule has 0 unspecified atom stereocenters. The fourth-order valence-corrected chi connectivity index (χ4v) is 9.22. The van der Waals surface area contributed by atoms with Crippen LogP contribution in [0.2, 0.25) is 0 Å². The summed E-state index contributed by atoms with van der Waals surface area (Å²) in [6, 6.07) is 4.17. The Labute approximate surface area is 218 Å². The predicted molar refractivity (Wildman–Crippen MR) is 145 cm³/mol. The van der Waals surface area contributed by atoms with E-state index in [-0.39, 0.29) is 25.1 Å². The van der Waals surface area contributed by atoms with Crippen LogP contribution in [0.4, 0.5) is 5.69 Å². The van der Waals surface area contributed by atoms with Crippen molar-refractivity contribution in [2.75, 3.05) is 18.1 Å². The van der Waals surface area contributed by atoms with Crippen LogP contribution >= 0.6 is 35.3 Å². The number of anilines is 1. The van der Waals surface area contributed by atoms with E-state index < -0.39 is 15.6 Å². The third-order valence-electron chi connectivity index (χ3n) is 6.03. The minimum absolute atomic E-state index is 0.0753. The third kappa shape index (κ3) is 4.25. The molecule has 1 atom stereocenters. The Hall–Kier alpha value is -2.10. The normalized spacial score (nSPS) is 22.3. The van der Waals surface area contributed by atoms with Gasteiger partial charge in [0, 0.05) is 23.0 Å². The van der Waals surface area contributed by atoms with Crippen molar-refractivity contribution in [1.82, 2.24) is 0 Å². The van der Waals surface area contributed by atoms with Crippen LogP contribution in [0.3, 0.4) is 0 Å². The summed E-state index contributed by atoms with van der Waals surface area (Å²) in [6.07, 6.45) is 1.91. The van der Waals surface area contributed by atoms with Crippen molar-refractivity contribution in [1.29, 1.82) is 0 Å². The quantitative estimate of drug-likeness (QED) is 0.443. The molecule has 0 bridgehead atoms. The monoisotopic (exact) mass is 531 g/mol. The number of hydrogen-bond donors (Lipinski definition) is 0. The van der Waals surface area contributed by atoms with Gasteiger partial charge in [0.05, 0.1) is 29.3 Å². The van der Waals surface area contributed by atoms with Gasteiger partial charge in [0.15, 0.2) is 0 Å². The van der Waals surface area contributed by atoms with Crippen molar-refractivity contribution in [2.24, 2.45) is 0 Å². The van der Waals surface area contributed by atoms with Crippen molar-refractivity contribution >= 4 is 64.4 Å². The molecule has 1 aromatic carbocycles. The fraction of sp³-hybridized carbons (Fsp3) is 0.423. The van der Waals surface area contributed by atoms with Gasteiger partial charge < -0.3 is 14.4 Å². The van der Waals surface area contributed by atoms with Crippen LogP contribution < -0.4 is 4.90 Å². The number of hydrogen-bond acceptors (Lipinski definition) is 8. The molecular formula is C26H29NO5S3. The number of ether oxygens (including phenoxy) is 2. The van der Waals surface area contributed by atoms with Crippen LogP contribution in [0, 0.1) is 13.8 Å².